The lowest BCUT2D eigenvalue weighted by Crippen LogP contribution is -2.38. The molecule has 3 atom stereocenters. The normalized spacial score (nSPS) is 33.8. The highest BCUT2D eigenvalue weighted by Crippen LogP contribution is 2.34. The van der Waals surface area contributed by atoms with Crippen LogP contribution in [0.25, 0.3) is 0 Å². The Labute approximate surface area is 146 Å². The zero-order valence-electron chi connectivity index (χ0n) is 15.2. The van der Waals surface area contributed by atoms with Gasteiger partial charge >= 0.3 is 5.97 Å². The Morgan fingerprint density at radius 3 is 2.50 bits per heavy atom. The van der Waals surface area contributed by atoms with Crippen molar-refractivity contribution in [3.8, 4) is 0 Å². The molecule has 0 aromatic rings. The summed E-state index contributed by atoms with van der Waals surface area (Å²) in [5.74, 6) is 0.588. The van der Waals surface area contributed by atoms with Gasteiger partial charge in [0.1, 0.15) is 12.3 Å². The van der Waals surface area contributed by atoms with E-state index < -0.39 is 12.3 Å². The number of unbranched alkanes of at least 4 members (excludes halogenated alkanes) is 3. The molecule has 0 aromatic heterocycles. The predicted molar refractivity (Wildman–Crippen MR) is 96.2 cm³/mol. The number of aliphatic imine (C=N–C) groups is 1. The molecule has 2 fully saturated rings. The molecule has 0 amide bonds. The van der Waals surface area contributed by atoms with Crippen LogP contribution >= 0.6 is 0 Å². The topological polar surface area (TPSA) is 38.7 Å². The Morgan fingerprint density at radius 2 is 1.88 bits per heavy atom. The second kappa shape index (κ2) is 10.1. The lowest BCUT2D eigenvalue weighted by Gasteiger charge is -2.32. The summed E-state index contributed by atoms with van der Waals surface area (Å²) in [5, 5.41) is 0. The summed E-state index contributed by atoms with van der Waals surface area (Å²) in [6, 6.07) is -0.0156. The van der Waals surface area contributed by atoms with Crippen molar-refractivity contribution in [2.75, 3.05) is 0 Å². The van der Waals surface area contributed by atoms with E-state index in [1.807, 2.05) is 0 Å². The molecule has 0 bridgehead atoms. The number of rotatable bonds is 8. The summed E-state index contributed by atoms with van der Waals surface area (Å²) in [4.78, 5) is 16.3. The zero-order valence-corrected chi connectivity index (χ0v) is 15.2. The van der Waals surface area contributed by atoms with E-state index in [0.717, 1.165) is 38.0 Å². The second-order valence-electron chi connectivity index (χ2n) is 7.71. The first-order valence-corrected chi connectivity index (χ1v) is 9.94. The van der Waals surface area contributed by atoms with Gasteiger partial charge in [0.05, 0.1) is 12.0 Å². The van der Waals surface area contributed by atoms with E-state index in [9.17, 15) is 9.18 Å². The highest BCUT2D eigenvalue weighted by molar-refractivity contribution is 5.72. The third kappa shape index (κ3) is 5.86. The minimum Gasteiger partial charge on any atom is -0.459 e. The van der Waals surface area contributed by atoms with Gasteiger partial charge < -0.3 is 4.74 Å². The maximum absolute atomic E-state index is 14.1. The minimum atomic E-state index is -1.09. The number of halogens is 1. The van der Waals surface area contributed by atoms with Crippen LogP contribution < -0.4 is 0 Å². The Kier molecular flexibility index (Phi) is 8.20. The number of ether oxygens (including phenoxy) is 1. The summed E-state index contributed by atoms with van der Waals surface area (Å²) in [5.41, 5.74) is 0. The van der Waals surface area contributed by atoms with Gasteiger partial charge in [-0.2, -0.15) is 0 Å². The number of nitrogens with zero attached hydrogens (tertiary/aromatic N) is 1. The van der Waals surface area contributed by atoms with Gasteiger partial charge in [-0.1, -0.05) is 39.0 Å². The molecule has 3 nitrogen and oxygen atoms in total. The second-order valence-corrected chi connectivity index (χ2v) is 7.71. The van der Waals surface area contributed by atoms with Crippen LogP contribution in [0.2, 0.25) is 0 Å². The Bertz CT molecular complexity index is 393. The Morgan fingerprint density at radius 1 is 1.12 bits per heavy atom. The van der Waals surface area contributed by atoms with Crippen molar-refractivity contribution in [1.82, 2.24) is 0 Å². The van der Waals surface area contributed by atoms with E-state index in [1.165, 1.54) is 32.1 Å². The molecule has 0 radical (unpaired) electrons. The number of hydrogen-bond acceptors (Lipinski definition) is 3. The number of hydrogen-bond donors (Lipinski definition) is 0. The van der Waals surface area contributed by atoms with Gasteiger partial charge in [-0.3, -0.25) is 9.79 Å². The number of alkyl halides is 1. The number of carbonyl (C=O) groups excluding carboxylic acids is 1. The Balaban J connectivity index is 1.66. The average molecular weight is 339 g/mol. The quantitative estimate of drug-likeness (QED) is 0.343. The molecule has 0 aliphatic heterocycles. The van der Waals surface area contributed by atoms with Crippen LogP contribution in [0, 0.1) is 11.8 Å². The summed E-state index contributed by atoms with van der Waals surface area (Å²) in [6.45, 7) is 5.73. The van der Waals surface area contributed by atoms with Gasteiger partial charge in [0, 0.05) is 6.42 Å². The van der Waals surface area contributed by atoms with Crippen LogP contribution in [-0.2, 0) is 9.53 Å². The fourth-order valence-electron chi connectivity index (χ4n) is 4.16. The maximum Gasteiger partial charge on any atom is 0.309 e. The highest BCUT2D eigenvalue weighted by atomic mass is 19.1. The van der Waals surface area contributed by atoms with E-state index in [4.69, 9.17) is 4.74 Å². The van der Waals surface area contributed by atoms with E-state index in [1.54, 1.807) is 0 Å². The number of esters is 1. The Hall–Kier alpha value is -0.930. The van der Waals surface area contributed by atoms with Crippen molar-refractivity contribution in [2.24, 2.45) is 16.8 Å². The molecule has 2 aliphatic rings. The molecule has 0 heterocycles. The minimum absolute atomic E-state index is 0.0145. The van der Waals surface area contributed by atoms with Gasteiger partial charge in [0.15, 0.2) is 0 Å². The van der Waals surface area contributed by atoms with E-state index in [0.29, 0.717) is 12.8 Å². The van der Waals surface area contributed by atoms with Crippen LogP contribution in [-0.4, -0.2) is 31.0 Å². The van der Waals surface area contributed by atoms with Crippen LogP contribution in [0.4, 0.5) is 4.39 Å². The standard InChI is InChI=1S/C20H34FNO2/c1-3-4-5-6-7-15-8-10-16(11-9-15)20(23)24-19-13-12-17(22-2)14-18(19)21/h15-19H,2-14H2,1H3. The van der Waals surface area contributed by atoms with Crippen molar-refractivity contribution < 1.29 is 13.9 Å². The molecule has 24 heavy (non-hydrogen) atoms. The SMILES string of the molecule is C=NC1CCC(OC(=O)C2CCC(CCCCCC)CC2)C(F)C1. The first-order chi connectivity index (χ1) is 11.6. The molecule has 0 aromatic carbocycles. The first-order valence-electron chi connectivity index (χ1n) is 9.94. The maximum atomic E-state index is 14.1. The van der Waals surface area contributed by atoms with Gasteiger partial charge in [0.2, 0.25) is 0 Å². The average Bonchev–Trinajstić information content (AvgIpc) is 2.61. The van der Waals surface area contributed by atoms with Crippen molar-refractivity contribution in [3.05, 3.63) is 0 Å². The highest BCUT2D eigenvalue weighted by Gasteiger charge is 2.35. The monoisotopic (exact) mass is 339 g/mol. The molecule has 0 saturated heterocycles. The fourth-order valence-corrected chi connectivity index (χ4v) is 4.16. The molecule has 2 aliphatic carbocycles. The molecular weight excluding hydrogens is 305 g/mol. The molecule has 0 spiro atoms. The van der Waals surface area contributed by atoms with Gasteiger partial charge in [0.25, 0.3) is 0 Å². The van der Waals surface area contributed by atoms with Crippen molar-refractivity contribution >= 4 is 12.7 Å². The van der Waals surface area contributed by atoms with Crippen molar-refractivity contribution in [3.63, 3.8) is 0 Å². The lowest BCUT2D eigenvalue weighted by molar-refractivity contribution is -0.161. The fraction of sp³-hybridized carbons (Fsp3) is 0.900. The van der Waals surface area contributed by atoms with Gasteiger partial charge in [-0.25, -0.2) is 4.39 Å². The molecule has 3 unspecified atom stereocenters. The molecular formula is C20H34FNO2. The third-order valence-corrected chi connectivity index (χ3v) is 5.86. The van der Waals surface area contributed by atoms with Gasteiger partial charge in [-0.05, 0) is 51.2 Å². The van der Waals surface area contributed by atoms with Crippen LogP contribution in [0.5, 0.6) is 0 Å². The molecule has 4 heteroatoms. The van der Waals surface area contributed by atoms with E-state index in [2.05, 4.69) is 18.6 Å². The molecule has 2 rings (SSSR count). The zero-order chi connectivity index (χ0) is 17.4. The number of carbonyl (C=O) groups is 1. The largest absolute Gasteiger partial charge is 0.459 e. The smallest absolute Gasteiger partial charge is 0.309 e. The molecule has 138 valence electrons. The summed E-state index contributed by atoms with van der Waals surface area (Å²) >= 11 is 0. The molecule has 0 N–H and O–H groups in total. The summed E-state index contributed by atoms with van der Waals surface area (Å²) < 4.78 is 19.6. The molecule has 2 saturated carbocycles. The van der Waals surface area contributed by atoms with Crippen LogP contribution in [0.15, 0.2) is 4.99 Å². The van der Waals surface area contributed by atoms with Crippen molar-refractivity contribution in [2.45, 2.75) is 102 Å². The van der Waals surface area contributed by atoms with Crippen LogP contribution in [0.1, 0.15) is 84.0 Å². The predicted octanol–water partition coefficient (Wildman–Crippen LogP) is 5.27. The van der Waals surface area contributed by atoms with Crippen molar-refractivity contribution in [1.29, 1.82) is 0 Å². The third-order valence-electron chi connectivity index (χ3n) is 5.86. The first kappa shape index (κ1) is 19.4. The lowest BCUT2D eigenvalue weighted by atomic mass is 9.79. The van der Waals surface area contributed by atoms with E-state index in [-0.39, 0.29) is 17.9 Å². The summed E-state index contributed by atoms with van der Waals surface area (Å²) in [6.07, 6.45) is 10.7. The van der Waals surface area contributed by atoms with E-state index >= 15 is 0 Å². The van der Waals surface area contributed by atoms with Crippen LogP contribution in [0.3, 0.4) is 0 Å². The van der Waals surface area contributed by atoms with Gasteiger partial charge in [-0.15, -0.1) is 0 Å². The summed E-state index contributed by atoms with van der Waals surface area (Å²) in [7, 11) is 0.